The highest BCUT2D eigenvalue weighted by molar-refractivity contribution is 9.10. The molecule has 0 spiro atoms. The Bertz CT molecular complexity index is 1450. The third kappa shape index (κ3) is 6.46. The van der Waals surface area contributed by atoms with E-state index in [9.17, 15) is 4.79 Å². The number of pyridine rings is 1. The highest BCUT2D eigenvalue weighted by Crippen LogP contribution is 2.32. The number of hydrogen-bond acceptors (Lipinski definition) is 3. The quantitative estimate of drug-likeness (QED) is 0.240. The molecule has 1 heterocycles. The molecule has 1 aromatic heterocycles. The molecule has 6 heteroatoms. The summed E-state index contributed by atoms with van der Waals surface area (Å²) in [6, 6.07) is 23.0. The molecule has 0 aliphatic rings. The molecule has 4 aromatic rings. The third-order valence-electron chi connectivity index (χ3n) is 6.95. The minimum Gasteiger partial charge on any atom is -0.376 e. The first-order chi connectivity index (χ1) is 17.4. The number of benzene rings is 3. The van der Waals surface area contributed by atoms with Crippen molar-refractivity contribution in [2.24, 2.45) is 0 Å². The molecule has 0 saturated heterocycles. The van der Waals surface area contributed by atoms with Crippen molar-refractivity contribution >= 4 is 44.1 Å². The Morgan fingerprint density at radius 2 is 1.65 bits per heavy atom. The van der Waals surface area contributed by atoms with Crippen molar-refractivity contribution in [1.29, 1.82) is 0 Å². The van der Waals surface area contributed by atoms with Crippen LogP contribution in [0.3, 0.4) is 0 Å². The number of halogens is 2. The van der Waals surface area contributed by atoms with Crippen molar-refractivity contribution in [3.05, 3.63) is 109 Å². The number of hydrogen-bond donors (Lipinski definition) is 1. The molecule has 194 valence electrons. The first kappa shape index (κ1) is 27.4. The van der Waals surface area contributed by atoms with E-state index in [4.69, 9.17) is 11.6 Å². The average molecular weight is 581 g/mol. The van der Waals surface area contributed by atoms with Gasteiger partial charge in [0.1, 0.15) is 0 Å². The molecule has 3 aromatic carbocycles. The van der Waals surface area contributed by atoms with E-state index in [1.807, 2.05) is 49.3 Å². The highest BCUT2D eigenvalue weighted by Gasteiger charge is 2.21. The van der Waals surface area contributed by atoms with Crippen molar-refractivity contribution < 1.29 is 0 Å². The number of rotatable bonds is 7. The number of aromatic amines is 1. The first-order valence-corrected chi connectivity index (χ1v) is 13.7. The average Bonchev–Trinajstić information content (AvgIpc) is 2.83. The maximum atomic E-state index is 13.1. The van der Waals surface area contributed by atoms with Crippen LogP contribution in [-0.4, -0.2) is 24.0 Å². The molecule has 37 heavy (non-hydrogen) atoms. The summed E-state index contributed by atoms with van der Waals surface area (Å²) >= 11 is 10.2. The first-order valence-electron chi connectivity index (χ1n) is 12.5. The second-order valence-corrected chi connectivity index (χ2v) is 12.3. The number of nitrogens with zero attached hydrogens (tertiary/aromatic N) is 2. The monoisotopic (exact) mass is 579 g/mol. The van der Waals surface area contributed by atoms with E-state index in [0.29, 0.717) is 13.1 Å². The van der Waals surface area contributed by atoms with Crippen LogP contribution in [0.1, 0.15) is 56.0 Å². The van der Waals surface area contributed by atoms with Crippen LogP contribution < -0.4 is 10.5 Å². The topological polar surface area (TPSA) is 39.3 Å². The summed E-state index contributed by atoms with van der Waals surface area (Å²) in [6.45, 7) is 10.1. The summed E-state index contributed by atoms with van der Waals surface area (Å²) in [7, 11) is 3.98. The van der Waals surface area contributed by atoms with Crippen LogP contribution in [0.25, 0.3) is 10.9 Å². The van der Waals surface area contributed by atoms with Gasteiger partial charge in [-0.3, -0.25) is 9.69 Å². The van der Waals surface area contributed by atoms with Gasteiger partial charge in [0.05, 0.1) is 10.7 Å². The SMILES string of the molecule is CC(c1ccc(N(C)C)c(Cl)c1)N(Cc1ccc(C(C)(C)C)cc1)Cc1cc2cc(Br)ccc2[nH]c1=O. The standard InChI is InChI=1S/C31H35BrClN3O/c1-20(22-9-14-29(35(5)6)27(33)17-22)36(18-21-7-10-25(11-8-21)31(2,3)4)19-24-15-23-16-26(32)12-13-28(23)34-30(24)37/h7-17,20H,18-19H2,1-6H3,(H,34,37). The van der Waals surface area contributed by atoms with Gasteiger partial charge in [-0.2, -0.15) is 0 Å². The molecule has 1 atom stereocenters. The molecule has 0 radical (unpaired) electrons. The van der Waals surface area contributed by atoms with Gasteiger partial charge in [0, 0.05) is 48.8 Å². The third-order valence-corrected chi connectivity index (χ3v) is 7.74. The van der Waals surface area contributed by atoms with E-state index in [1.165, 1.54) is 11.1 Å². The lowest BCUT2D eigenvalue weighted by atomic mass is 9.86. The normalized spacial score (nSPS) is 12.8. The molecule has 0 amide bonds. The van der Waals surface area contributed by atoms with Gasteiger partial charge >= 0.3 is 0 Å². The van der Waals surface area contributed by atoms with Crippen LogP contribution in [0.4, 0.5) is 5.69 Å². The minimum atomic E-state index is -0.0592. The van der Waals surface area contributed by atoms with Gasteiger partial charge in [0.15, 0.2) is 0 Å². The Labute approximate surface area is 233 Å². The fourth-order valence-corrected chi connectivity index (χ4v) is 5.33. The maximum absolute atomic E-state index is 13.1. The number of nitrogens with one attached hydrogen (secondary N) is 1. The predicted octanol–water partition coefficient (Wildman–Crippen LogP) is 8.07. The summed E-state index contributed by atoms with van der Waals surface area (Å²) in [5, 5.41) is 1.72. The van der Waals surface area contributed by atoms with Gasteiger partial charge in [-0.05, 0) is 70.8 Å². The van der Waals surface area contributed by atoms with E-state index >= 15 is 0 Å². The van der Waals surface area contributed by atoms with Crippen molar-refractivity contribution in [3.63, 3.8) is 0 Å². The Morgan fingerprint density at radius 3 is 2.27 bits per heavy atom. The molecule has 0 fully saturated rings. The molecule has 1 N–H and O–H groups in total. The Morgan fingerprint density at radius 1 is 0.946 bits per heavy atom. The Hall–Kier alpha value is -2.60. The lowest BCUT2D eigenvalue weighted by Gasteiger charge is -2.30. The fourth-order valence-electron chi connectivity index (χ4n) is 4.59. The van der Waals surface area contributed by atoms with E-state index < -0.39 is 0 Å². The van der Waals surface area contributed by atoms with Crippen molar-refractivity contribution in [1.82, 2.24) is 9.88 Å². The van der Waals surface area contributed by atoms with Crippen LogP contribution in [0.2, 0.25) is 5.02 Å². The summed E-state index contributed by atoms with van der Waals surface area (Å²) in [5.74, 6) is 0. The molecule has 1 unspecified atom stereocenters. The molecule has 0 saturated carbocycles. The summed E-state index contributed by atoms with van der Waals surface area (Å²) < 4.78 is 0.984. The highest BCUT2D eigenvalue weighted by atomic mass is 79.9. The van der Waals surface area contributed by atoms with Crippen LogP contribution in [0.5, 0.6) is 0 Å². The maximum Gasteiger partial charge on any atom is 0.252 e. The molecule has 4 nitrogen and oxygen atoms in total. The summed E-state index contributed by atoms with van der Waals surface area (Å²) in [6.07, 6.45) is 0. The second kappa shape index (κ2) is 11.0. The summed E-state index contributed by atoms with van der Waals surface area (Å²) in [5.41, 5.74) is 6.22. The zero-order valence-corrected chi connectivity index (χ0v) is 24.7. The van der Waals surface area contributed by atoms with Gasteiger partial charge in [0.25, 0.3) is 5.56 Å². The van der Waals surface area contributed by atoms with Crippen molar-refractivity contribution in [2.75, 3.05) is 19.0 Å². The molecular weight excluding hydrogens is 546 g/mol. The molecule has 0 aliphatic heterocycles. The van der Waals surface area contributed by atoms with Crippen molar-refractivity contribution in [2.45, 2.75) is 52.2 Å². The number of H-pyrrole nitrogens is 1. The number of fused-ring (bicyclic) bond motifs is 1. The van der Waals surface area contributed by atoms with Crippen molar-refractivity contribution in [3.8, 4) is 0 Å². The lowest BCUT2D eigenvalue weighted by Crippen LogP contribution is -2.29. The van der Waals surface area contributed by atoms with Crippen LogP contribution in [-0.2, 0) is 18.5 Å². The Kier molecular flexibility index (Phi) is 8.17. The van der Waals surface area contributed by atoms with Gasteiger partial charge < -0.3 is 9.88 Å². The number of aromatic nitrogens is 1. The predicted molar refractivity (Wildman–Crippen MR) is 161 cm³/mol. The van der Waals surface area contributed by atoms with Gasteiger partial charge in [-0.25, -0.2) is 0 Å². The zero-order chi connectivity index (χ0) is 26.9. The zero-order valence-electron chi connectivity index (χ0n) is 22.4. The van der Waals surface area contributed by atoms with E-state index in [2.05, 4.69) is 89.9 Å². The smallest absolute Gasteiger partial charge is 0.252 e. The second-order valence-electron chi connectivity index (χ2n) is 11.0. The summed E-state index contributed by atoms with van der Waals surface area (Å²) in [4.78, 5) is 20.5. The van der Waals surface area contributed by atoms with Crippen LogP contribution >= 0.6 is 27.5 Å². The lowest BCUT2D eigenvalue weighted by molar-refractivity contribution is 0.191. The molecule has 0 aliphatic carbocycles. The van der Waals surface area contributed by atoms with E-state index in [0.717, 1.165) is 37.2 Å². The molecular formula is C31H35BrClN3O. The van der Waals surface area contributed by atoms with Gasteiger partial charge in [-0.15, -0.1) is 0 Å². The molecule has 4 rings (SSSR count). The minimum absolute atomic E-state index is 0.0358. The number of anilines is 1. The Balaban J connectivity index is 1.71. The van der Waals surface area contributed by atoms with Gasteiger partial charge in [-0.1, -0.05) is 78.6 Å². The van der Waals surface area contributed by atoms with Crippen LogP contribution in [0, 0.1) is 0 Å². The largest absolute Gasteiger partial charge is 0.376 e. The fraction of sp³-hybridized carbons (Fsp3) is 0.323. The van der Waals surface area contributed by atoms with Gasteiger partial charge in [0.2, 0.25) is 0 Å². The molecule has 0 bridgehead atoms. The van der Waals surface area contributed by atoms with E-state index in [1.54, 1.807) is 0 Å². The van der Waals surface area contributed by atoms with E-state index in [-0.39, 0.29) is 17.0 Å². The van der Waals surface area contributed by atoms with Crippen LogP contribution in [0.15, 0.2) is 76.0 Å².